The molecule has 2 N–H and O–H groups in total. The third-order valence-corrected chi connectivity index (χ3v) is 2.83. The normalized spacial score (nSPS) is 10.0. The van der Waals surface area contributed by atoms with Crippen LogP contribution in [0.5, 0.6) is 11.5 Å². The molecular weight excluding hydrogens is 278 g/mol. The second-order valence-electron chi connectivity index (χ2n) is 4.19. The summed E-state index contributed by atoms with van der Waals surface area (Å²) in [6.07, 6.45) is 0.726. The summed E-state index contributed by atoms with van der Waals surface area (Å²) in [6, 6.07) is 2.49. The lowest BCUT2D eigenvalue weighted by molar-refractivity contribution is -0.385. The minimum Gasteiger partial charge on any atom is -0.493 e. The molecule has 0 bridgehead atoms. The molecule has 116 valence electrons. The number of rotatable bonds is 8. The molecule has 0 saturated carbocycles. The first-order valence-corrected chi connectivity index (χ1v) is 6.38. The average molecular weight is 297 g/mol. The molecule has 0 aliphatic heterocycles. The summed E-state index contributed by atoms with van der Waals surface area (Å²) in [7, 11) is 4.58. The number of amides is 1. The summed E-state index contributed by atoms with van der Waals surface area (Å²) in [5, 5.41) is 16.7. The number of nitrogens with zero attached hydrogens (tertiary/aromatic N) is 1. The Morgan fingerprint density at radius 3 is 2.38 bits per heavy atom. The number of benzene rings is 1. The Morgan fingerprint density at radius 1 is 1.24 bits per heavy atom. The highest BCUT2D eigenvalue weighted by Gasteiger charge is 2.24. The minimum atomic E-state index is -0.621. The third-order valence-electron chi connectivity index (χ3n) is 2.83. The van der Waals surface area contributed by atoms with Crippen molar-refractivity contribution in [1.82, 2.24) is 10.6 Å². The number of nitro benzene ring substituents is 1. The first-order valence-electron chi connectivity index (χ1n) is 6.38. The summed E-state index contributed by atoms with van der Waals surface area (Å²) >= 11 is 0. The highest BCUT2D eigenvalue weighted by molar-refractivity contribution is 5.99. The zero-order valence-corrected chi connectivity index (χ0v) is 12.3. The molecule has 1 aromatic rings. The Balaban J connectivity index is 3.03. The van der Waals surface area contributed by atoms with E-state index in [1.807, 2.05) is 0 Å². The zero-order chi connectivity index (χ0) is 15.8. The van der Waals surface area contributed by atoms with Crippen LogP contribution in [0.2, 0.25) is 0 Å². The van der Waals surface area contributed by atoms with Crippen molar-refractivity contribution in [3.8, 4) is 11.5 Å². The van der Waals surface area contributed by atoms with E-state index in [1.165, 1.54) is 26.4 Å². The SMILES string of the molecule is CNCCCNC(=O)c1cc(OC)c(OC)cc1[N+](=O)[O-]. The van der Waals surface area contributed by atoms with Gasteiger partial charge >= 0.3 is 0 Å². The second-order valence-corrected chi connectivity index (χ2v) is 4.19. The van der Waals surface area contributed by atoms with Crippen LogP contribution in [-0.4, -0.2) is 45.2 Å². The first kappa shape index (κ1) is 16.7. The van der Waals surface area contributed by atoms with Crippen molar-refractivity contribution in [1.29, 1.82) is 0 Å². The number of hydrogen-bond donors (Lipinski definition) is 2. The van der Waals surface area contributed by atoms with Gasteiger partial charge < -0.3 is 20.1 Å². The summed E-state index contributed by atoms with van der Waals surface area (Å²) < 4.78 is 10.1. The Labute approximate surface area is 122 Å². The van der Waals surface area contributed by atoms with Crippen molar-refractivity contribution in [2.24, 2.45) is 0 Å². The fourth-order valence-electron chi connectivity index (χ4n) is 1.76. The average Bonchev–Trinajstić information content (AvgIpc) is 2.49. The van der Waals surface area contributed by atoms with Gasteiger partial charge in [0, 0.05) is 12.6 Å². The molecule has 0 radical (unpaired) electrons. The minimum absolute atomic E-state index is 0.0536. The molecule has 0 unspecified atom stereocenters. The van der Waals surface area contributed by atoms with Gasteiger partial charge in [-0.1, -0.05) is 0 Å². The standard InChI is InChI=1S/C13H19N3O5/c1-14-5-4-6-15-13(17)9-7-11(20-2)12(21-3)8-10(9)16(18)19/h7-8,14H,4-6H2,1-3H3,(H,15,17). The summed E-state index contributed by atoms with van der Waals surface area (Å²) in [5.41, 5.74) is -0.374. The molecule has 8 nitrogen and oxygen atoms in total. The number of ether oxygens (including phenoxy) is 2. The maximum atomic E-state index is 12.1. The number of carbonyl (C=O) groups excluding carboxylic acids is 1. The van der Waals surface area contributed by atoms with Crippen LogP contribution in [0.3, 0.4) is 0 Å². The monoisotopic (exact) mass is 297 g/mol. The van der Waals surface area contributed by atoms with Crippen LogP contribution < -0.4 is 20.1 Å². The van der Waals surface area contributed by atoms with E-state index < -0.39 is 10.8 Å². The Kier molecular flexibility index (Phi) is 6.41. The largest absolute Gasteiger partial charge is 0.493 e. The lowest BCUT2D eigenvalue weighted by Crippen LogP contribution is -2.27. The highest BCUT2D eigenvalue weighted by atomic mass is 16.6. The maximum absolute atomic E-state index is 12.1. The number of hydrogen-bond acceptors (Lipinski definition) is 6. The molecule has 0 aliphatic carbocycles. The van der Waals surface area contributed by atoms with E-state index in [2.05, 4.69) is 10.6 Å². The summed E-state index contributed by atoms with van der Waals surface area (Å²) in [5.74, 6) is -0.0434. The Hall–Kier alpha value is -2.35. The van der Waals surface area contributed by atoms with Crippen molar-refractivity contribution < 1.29 is 19.2 Å². The summed E-state index contributed by atoms with van der Waals surface area (Å²) in [6.45, 7) is 1.17. The van der Waals surface area contributed by atoms with E-state index in [0.717, 1.165) is 13.0 Å². The third kappa shape index (κ3) is 4.32. The maximum Gasteiger partial charge on any atom is 0.286 e. The molecule has 1 amide bonds. The molecule has 0 heterocycles. The van der Waals surface area contributed by atoms with Crippen LogP contribution in [-0.2, 0) is 0 Å². The van der Waals surface area contributed by atoms with Gasteiger partial charge in [-0.05, 0) is 20.0 Å². The molecule has 1 rings (SSSR count). The van der Waals surface area contributed by atoms with Gasteiger partial charge in [-0.2, -0.15) is 0 Å². The summed E-state index contributed by atoms with van der Waals surface area (Å²) in [4.78, 5) is 22.5. The number of carbonyl (C=O) groups is 1. The van der Waals surface area contributed by atoms with Crippen LogP contribution in [0.4, 0.5) is 5.69 Å². The zero-order valence-electron chi connectivity index (χ0n) is 12.3. The molecule has 8 heteroatoms. The Bertz CT molecular complexity index is 519. The fourth-order valence-corrected chi connectivity index (χ4v) is 1.76. The molecule has 0 aromatic heterocycles. The van der Waals surface area contributed by atoms with Gasteiger partial charge in [0.15, 0.2) is 11.5 Å². The van der Waals surface area contributed by atoms with Crippen LogP contribution >= 0.6 is 0 Å². The smallest absolute Gasteiger partial charge is 0.286 e. The molecule has 0 spiro atoms. The van der Waals surface area contributed by atoms with Crippen molar-refractivity contribution >= 4 is 11.6 Å². The van der Waals surface area contributed by atoms with Crippen LogP contribution in [0.1, 0.15) is 16.8 Å². The molecule has 0 fully saturated rings. The lowest BCUT2D eigenvalue weighted by atomic mass is 10.1. The van der Waals surface area contributed by atoms with Crippen molar-refractivity contribution in [3.63, 3.8) is 0 Å². The van der Waals surface area contributed by atoms with E-state index >= 15 is 0 Å². The van der Waals surface area contributed by atoms with E-state index in [4.69, 9.17) is 9.47 Å². The van der Waals surface area contributed by atoms with Crippen LogP contribution in [0.25, 0.3) is 0 Å². The predicted molar refractivity (Wildman–Crippen MR) is 77.1 cm³/mol. The van der Waals surface area contributed by atoms with E-state index in [9.17, 15) is 14.9 Å². The molecular formula is C13H19N3O5. The van der Waals surface area contributed by atoms with Crippen molar-refractivity contribution in [2.45, 2.75) is 6.42 Å². The second kappa shape index (κ2) is 8.05. The van der Waals surface area contributed by atoms with Crippen molar-refractivity contribution in [2.75, 3.05) is 34.4 Å². The highest BCUT2D eigenvalue weighted by Crippen LogP contribution is 2.34. The first-order chi connectivity index (χ1) is 10.0. The van der Waals surface area contributed by atoms with Gasteiger partial charge in [-0.15, -0.1) is 0 Å². The molecule has 21 heavy (non-hydrogen) atoms. The Morgan fingerprint density at radius 2 is 1.86 bits per heavy atom. The quantitative estimate of drug-likeness (QED) is 0.421. The predicted octanol–water partition coefficient (Wildman–Crippen LogP) is 0.951. The number of nitro groups is 1. The van der Waals surface area contributed by atoms with Gasteiger partial charge in [0.05, 0.1) is 25.2 Å². The number of methoxy groups -OCH3 is 2. The van der Waals surface area contributed by atoms with E-state index in [1.54, 1.807) is 7.05 Å². The van der Waals surface area contributed by atoms with Crippen LogP contribution in [0, 0.1) is 10.1 Å². The van der Waals surface area contributed by atoms with Gasteiger partial charge in [0.1, 0.15) is 5.56 Å². The van der Waals surface area contributed by atoms with Gasteiger partial charge in [0.2, 0.25) is 0 Å². The molecule has 0 saturated heterocycles. The van der Waals surface area contributed by atoms with Crippen LogP contribution in [0.15, 0.2) is 12.1 Å². The fraction of sp³-hybridized carbons (Fsp3) is 0.462. The lowest BCUT2D eigenvalue weighted by Gasteiger charge is -2.10. The van der Waals surface area contributed by atoms with Crippen molar-refractivity contribution in [3.05, 3.63) is 27.8 Å². The number of nitrogens with one attached hydrogen (secondary N) is 2. The van der Waals surface area contributed by atoms with Gasteiger partial charge in [-0.25, -0.2) is 0 Å². The van der Waals surface area contributed by atoms with Gasteiger partial charge in [-0.3, -0.25) is 14.9 Å². The molecule has 0 aliphatic rings. The van der Waals surface area contributed by atoms with Gasteiger partial charge in [0.25, 0.3) is 11.6 Å². The molecule has 1 aromatic carbocycles. The molecule has 0 atom stereocenters. The van der Waals surface area contributed by atoms with E-state index in [0.29, 0.717) is 6.54 Å². The van der Waals surface area contributed by atoms with E-state index in [-0.39, 0.29) is 22.7 Å². The topological polar surface area (TPSA) is 103 Å².